The number of benzene rings is 10. The number of nitrogens with zero attached hydrogens (tertiary/aromatic N) is 2. The second kappa shape index (κ2) is 19.2. The molecule has 0 radical (unpaired) electrons. The molecule has 0 atom stereocenters. The van der Waals surface area contributed by atoms with Crippen LogP contribution in [0.1, 0.15) is 140 Å². The van der Waals surface area contributed by atoms with Crippen LogP contribution in [0.5, 0.6) is 0 Å². The van der Waals surface area contributed by atoms with Gasteiger partial charge in [0, 0.05) is 77.7 Å². The largest absolute Gasteiger partial charge is 0.456 e. The molecule has 0 aliphatic heterocycles. The van der Waals surface area contributed by atoms with E-state index in [2.05, 4.69) is 233 Å². The average Bonchev–Trinajstić information content (AvgIpc) is 2.81. The highest BCUT2D eigenvalue weighted by molar-refractivity contribution is 6.30. The molecule has 0 amide bonds. The first-order chi connectivity index (χ1) is 39.5. The number of hydrogen-bond acceptors (Lipinski definition) is 5. The summed E-state index contributed by atoms with van der Waals surface area (Å²) in [6.07, 6.45) is 12.8. The molecule has 0 bridgehead atoms. The van der Waals surface area contributed by atoms with Crippen LogP contribution in [0.3, 0.4) is 0 Å². The molecule has 5 nitrogen and oxygen atoms in total. The van der Waals surface area contributed by atoms with Gasteiger partial charge in [0.1, 0.15) is 22.3 Å². The van der Waals surface area contributed by atoms with Crippen molar-refractivity contribution in [1.82, 2.24) is 0 Å². The Morgan fingerprint density at radius 1 is 0.321 bits per heavy atom. The molecular weight excluding hydrogens is 989 g/mol. The van der Waals surface area contributed by atoms with Crippen LogP contribution >= 0.6 is 0 Å². The lowest BCUT2D eigenvalue weighted by atomic mass is 9.84. The molecule has 15 rings (SSSR count). The lowest BCUT2D eigenvalue weighted by molar-refractivity contribution is 0.443. The fourth-order valence-electron chi connectivity index (χ4n) is 14.5. The smallest absolute Gasteiger partial charge is 0.159 e. The molecule has 0 N–H and O–H groups in total. The minimum atomic E-state index is -0.109. The molecule has 2 fully saturated rings. The number of fused-ring (bicyclic) bond motifs is 13. The van der Waals surface area contributed by atoms with Gasteiger partial charge in [-0.25, -0.2) is 0 Å². The number of anilines is 6. The van der Waals surface area contributed by atoms with E-state index in [1.807, 2.05) is 0 Å². The third kappa shape index (κ3) is 8.24. The van der Waals surface area contributed by atoms with Gasteiger partial charge in [0.25, 0.3) is 0 Å². The second-order valence-corrected chi connectivity index (χ2v) is 25.6. The molecule has 5 heteroatoms. The van der Waals surface area contributed by atoms with E-state index in [0.29, 0.717) is 11.8 Å². The zero-order valence-electron chi connectivity index (χ0n) is 47.7. The van der Waals surface area contributed by atoms with Crippen LogP contribution in [-0.2, 0) is 10.8 Å². The Morgan fingerprint density at radius 3 is 1.05 bits per heavy atom. The molecule has 13 aromatic rings. The monoisotopic (exact) mass is 1060 g/mol. The van der Waals surface area contributed by atoms with Crippen molar-refractivity contribution in [3.05, 3.63) is 204 Å². The summed E-state index contributed by atoms with van der Waals surface area (Å²) in [5.41, 5.74) is 16.5. The normalized spacial score (nSPS) is 15.2. The van der Waals surface area contributed by atoms with E-state index < -0.39 is 0 Å². The zero-order valence-corrected chi connectivity index (χ0v) is 47.7. The minimum Gasteiger partial charge on any atom is -0.456 e. The summed E-state index contributed by atoms with van der Waals surface area (Å²) in [7, 11) is 0. The second-order valence-electron chi connectivity index (χ2n) is 25.6. The Labute approximate surface area is 474 Å². The van der Waals surface area contributed by atoms with Crippen molar-refractivity contribution in [2.24, 2.45) is 0 Å². The molecule has 2 aliphatic carbocycles. The van der Waals surface area contributed by atoms with Gasteiger partial charge in [-0.15, -0.1) is 0 Å². The molecule has 3 heterocycles. The van der Waals surface area contributed by atoms with E-state index in [1.54, 1.807) is 0 Å². The van der Waals surface area contributed by atoms with E-state index in [1.165, 1.54) is 86.5 Å². The van der Waals surface area contributed by atoms with Gasteiger partial charge in [0.2, 0.25) is 0 Å². The van der Waals surface area contributed by atoms with E-state index in [4.69, 9.17) is 13.3 Å². The maximum atomic E-state index is 7.47. The van der Waals surface area contributed by atoms with Gasteiger partial charge in [-0.2, -0.15) is 0 Å². The van der Waals surface area contributed by atoms with Gasteiger partial charge in [0.05, 0.1) is 22.7 Å². The average molecular weight is 1060 g/mol. The molecule has 3 aromatic heterocycles. The number of para-hydroxylation sites is 4. The van der Waals surface area contributed by atoms with Crippen LogP contribution in [0.25, 0.3) is 87.4 Å². The highest BCUT2D eigenvalue weighted by Crippen LogP contribution is 2.53. The molecule has 0 spiro atoms. The molecule has 10 aromatic carbocycles. The number of furan rings is 3. The SMILES string of the molecule is CC(C)(C)c1cccc2c1oc1c(N(c3ccc(C4CCCCC4)cc3)c3cc4oc5cc(N(c6ccc(C7CCCCC7)cc6)c6cccc7c6oc6c(C(C)(C)C)cccc67)c6ccccc6c5c4c4ccccc34)cccc12. The molecule has 81 heavy (non-hydrogen) atoms. The first-order valence-electron chi connectivity index (χ1n) is 30.0. The zero-order chi connectivity index (χ0) is 54.7. The third-order valence-corrected chi connectivity index (χ3v) is 18.5. The molecular formula is C76H70N2O3. The summed E-state index contributed by atoms with van der Waals surface area (Å²) in [5.74, 6) is 1.18. The van der Waals surface area contributed by atoms with Gasteiger partial charge in [0.15, 0.2) is 11.2 Å². The Balaban J connectivity index is 0.976. The maximum absolute atomic E-state index is 7.47. The van der Waals surface area contributed by atoms with Crippen molar-refractivity contribution in [1.29, 1.82) is 0 Å². The quantitative estimate of drug-likeness (QED) is 0.152. The van der Waals surface area contributed by atoms with Crippen LogP contribution in [0.15, 0.2) is 195 Å². The molecule has 0 unspecified atom stereocenters. The molecule has 2 saturated carbocycles. The summed E-state index contributed by atoms with van der Waals surface area (Å²) in [6, 6.07) is 67.9. The Hall–Kier alpha value is -8.28. The lowest BCUT2D eigenvalue weighted by Gasteiger charge is -2.28. The van der Waals surface area contributed by atoms with Crippen molar-refractivity contribution >= 4 is 121 Å². The van der Waals surface area contributed by atoms with Crippen LogP contribution in [-0.4, -0.2) is 0 Å². The Morgan fingerprint density at radius 2 is 0.667 bits per heavy atom. The summed E-state index contributed by atoms with van der Waals surface area (Å²) < 4.78 is 21.9. The predicted molar refractivity (Wildman–Crippen MR) is 342 cm³/mol. The van der Waals surface area contributed by atoms with E-state index in [-0.39, 0.29) is 10.8 Å². The standard InChI is InChI=1S/C76H70N2O3/c1-75(2,3)61-33-17-29-57-59-31-19-35-63(73(59)80-71(57)61)77(51-41-37-49(38-42-51)47-21-9-7-10-22-47)65-45-67-69(55-27-15-13-25-53(55)65)70-56-28-16-14-26-54(56)66(46-68(70)79-67)78(52-43-39-50(40-44-52)48-23-11-8-12-24-48)64-36-20-32-60-58-30-18-34-62(76(4,5)6)72(58)81-74(60)64/h13-20,25-48H,7-12,21-24H2,1-6H3. The van der Waals surface area contributed by atoms with Crippen LogP contribution in [0, 0.1) is 0 Å². The molecule has 402 valence electrons. The topological polar surface area (TPSA) is 45.9 Å². The number of rotatable bonds is 8. The van der Waals surface area contributed by atoms with Crippen molar-refractivity contribution in [3.8, 4) is 0 Å². The summed E-state index contributed by atoms with van der Waals surface area (Å²) in [6.45, 7) is 13.6. The number of hydrogen-bond donors (Lipinski definition) is 0. The van der Waals surface area contributed by atoms with Gasteiger partial charge >= 0.3 is 0 Å². The Kier molecular flexibility index (Phi) is 11.8. The first-order valence-corrected chi connectivity index (χ1v) is 30.0. The van der Waals surface area contributed by atoms with Crippen molar-refractivity contribution in [2.45, 2.75) is 128 Å². The van der Waals surface area contributed by atoms with Gasteiger partial charge < -0.3 is 23.1 Å². The van der Waals surface area contributed by atoms with Gasteiger partial charge in [-0.3, -0.25) is 0 Å². The van der Waals surface area contributed by atoms with Gasteiger partial charge in [-0.05, 0) is 107 Å². The van der Waals surface area contributed by atoms with Crippen LogP contribution in [0.4, 0.5) is 34.1 Å². The fraction of sp³-hybridized carbons (Fsp3) is 0.263. The third-order valence-electron chi connectivity index (χ3n) is 18.5. The fourth-order valence-corrected chi connectivity index (χ4v) is 14.5. The first kappa shape index (κ1) is 49.7. The summed E-state index contributed by atoms with van der Waals surface area (Å²) >= 11 is 0. The highest BCUT2D eigenvalue weighted by Gasteiger charge is 2.30. The van der Waals surface area contributed by atoms with Crippen molar-refractivity contribution in [3.63, 3.8) is 0 Å². The van der Waals surface area contributed by atoms with Crippen molar-refractivity contribution < 1.29 is 13.3 Å². The van der Waals surface area contributed by atoms with Crippen LogP contribution < -0.4 is 9.80 Å². The van der Waals surface area contributed by atoms with Gasteiger partial charge in [-0.1, -0.05) is 214 Å². The minimum absolute atomic E-state index is 0.109. The van der Waals surface area contributed by atoms with E-state index in [0.717, 1.165) is 121 Å². The van der Waals surface area contributed by atoms with Crippen LogP contribution in [0.2, 0.25) is 0 Å². The maximum Gasteiger partial charge on any atom is 0.159 e. The Bertz CT molecular complexity index is 4270. The molecule has 0 saturated heterocycles. The summed E-state index contributed by atoms with van der Waals surface area (Å²) in [5, 5.41) is 11.2. The van der Waals surface area contributed by atoms with E-state index in [9.17, 15) is 0 Å². The molecule has 2 aliphatic rings. The highest BCUT2D eigenvalue weighted by atomic mass is 16.3. The van der Waals surface area contributed by atoms with E-state index >= 15 is 0 Å². The lowest BCUT2D eigenvalue weighted by Crippen LogP contribution is -2.12. The van der Waals surface area contributed by atoms with Crippen molar-refractivity contribution in [2.75, 3.05) is 9.80 Å². The predicted octanol–water partition coefficient (Wildman–Crippen LogP) is 23.3. The summed E-state index contributed by atoms with van der Waals surface area (Å²) in [4.78, 5) is 4.87.